The van der Waals surface area contributed by atoms with Crippen LogP contribution in [0.5, 0.6) is 5.75 Å². The number of nitrogens with two attached hydrogens (primary N) is 1. The predicted molar refractivity (Wildman–Crippen MR) is 87.3 cm³/mol. The number of rotatable bonds is 6. The Labute approximate surface area is 130 Å². The van der Waals surface area contributed by atoms with Gasteiger partial charge in [0.05, 0.1) is 6.61 Å². The highest BCUT2D eigenvalue weighted by atomic mass is 79.9. The Kier molecular flexibility index (Phi) is 6.33. The summed E-state index contributed by atoms with van der Waals surface area (Å²) in [4.78, 5) is 2.47. The van der Waals surface area contributed by atoms with Gasteiger partial charge >= 0.3 is 0 Å². The number of hydrogen-bond acceptors (Lipinski definition) is 3. The Morgan fingerprint density at radius 1 is 1.40 bits per heavy atom. The molecule has 2 rings (SSSR count). The minimum Gasteiger partial charge on any atom is -0.494 e. The number of piperidine rings is 1. The molecule has 1 fully saturated rings. The topological polar surface area (TPSA) is 38.5 Å². The van der Waals surface area contributed by atoms with Gasteiger partial charge in [0.2, 0.25) is 0 Å². The molecular formula is C16H25BrN2O. The van der Waals surface area contributed by atoms with E-state index in [2.05, 4.69) is 33.9 Å². The summed E-state index contributed by atoms with van der Waals surface area (Å²) >= 11 is 3.55. The zero-order valence-corrected chi connectivity index (χ0v) is 13.9. The smallest absolute Gasteiger partial charge is 0.119 e. The first kappa shape index (κ1) is 15.8. The van der Waals surface area contributed by atoms with Crippen LogP contribution in [0.4, 0.5) is 0 Å². The molecule has 4 heteroatoms. The van der Waals surface area contributed by atoms with E-state index in [1.54, 1.807) is 0 Å². The van der Waals surface area contributed by atoms with Crippen LogP contribution in [-0.4, -0.2) is 37.7 Å². The van der Waals surface area contributed by atoms with Crippen LogP contribution in [0.15, 0.2) is 22.7 Å². The molecule has 1 heterocycles. The standard InChI is InChI=1S/C16H25BrN2O/c1-19-10-3-2-4-14(19)8-11-20-15-5-6-16(17)13(12-15)7-9-18/h5-6,12,14H,2-4,7-11,18H2,1H3. The Hall–Kier alpha value is -0.580. The Morgan fingerprint density at radius 3 is 3.00 bits per heavy atom. The molecule has 0 spiro atoms. The summed E-state index contributed by atoms with van der Waals surface area (Å²) in [7, 11) is 2.23. The second-order valence-corrected chi connectivity index (χ2v) is 6.41. The van der Waals surface area contributed by atoms with Crippen LogP contribution in [0, 0.1) is 0 Å². The second-order valence-electron chi connectivity index (χ2n) is 5.56. The van der Waals surface area contributed by atoms with E-state index < -0.39 is 0 Å². The molecule has 1 aromatic carbocycles. The molecule has 0 aliphatic carbocycles. The van der Waals surface area contributed by atoms with Crippen LogP contribution in [0.3, 0.4) is 0 Å². The van der Waals surface area contributed by atoms with Gasteiger partial charge in [-0.25, -0.2) is 0 Å². The molecule has 0 radical (unpaired) electrons. The monoisotopic (exact) mass is 340 g/mol. The van der Waals surface area contributed by atoms with Gasteiger partial charge in [-0.15, -0.1) is 0 Å². The van der Waals surface area contributed by atoms with Gasteiger partial charge in [-0.3, -0.25) is 0 Å². The SMILES string of the molecule is CN1CCCCC1CCOc1ccc(Br)c(CCN)c1. The van der Waals surface area contributed by atoms with Crippen molar-refractivity contribution < 1.29 is 4.74 Å². The van der Waals surface area contributed by atoms with Gasteiger partial charge in [0, 0.05) is 10.5 Å². The summed E-state index contributed by atoms with van der Waals surface area (Å²) in [6.45, 7) is 2.68. The normalized spacial score (nSPS) is 20.1. The average Bonchev–Trinajstić information content (AvgIpc) is 2.45. The van der Waals surface area contributed by atoms with E-state index in [0.29, 0.717) is 12.6 Å². The molecule has 2 N–H and O–H groups in total. The molecule has 0 bridgehead atoms. The van der Waals surface area contributed by atoms with Gasteiger partial charge in [0.15, 0.2) is 0 Å². The lowest BCUT2D eigenvalue weighted by molar-refractivity contribution is 0.153. The van der Waals surface area contributed by atoms with E-state index in [4.69, 9.17) is 10.5 Å². The first-order valence-electron chi connectivity index (χ1n) is 7.52. The van der Waals surface area contributed by atoms with E-state index in [0.717, 1.165) is 29.7 Å². The minimum atomic E-state index is 0.662. The zero-order valence-electron chi connectivity index (χ0n) is 12.3. The lowest BCUT2D eigenvalue weighted by Gasteiger charge is -2.32. The Balaban J connectivity index is 1.83. The van der Waals surface area contributed by atoms with Gasteiger partial charge in [0.25, 0.3) is 0 Å². The third kappa shape index (κ3) is 4.47. The van der Waals surface area contributed by atoms with Crippen molar-refractivity contribution in [2.45, 2.75) is 38.1 Å². The van der Waals surface area contributed by atoms with Gasteiger partial charge in [-0.1, -0.05) is 22.4 Å². The summed E-state index contributed by atoms with van der Waals surface area (Å²) in [6, 6.07) is 6.85. The van der Waals surface area contributed by atoms with Crippen LogP contribution >= 0.6 is 15.9 Å². The molecule has 1 aliphatic rings. The van der Waals surface area contributed by atoms with Crippen molar-refractivity contribution >= 4 is 15.9 Å². The van der Waals surface area contributed by atoms with Crippen LogP contribution in [0.25, 0.3) is 0 Å². The second kappa shape index (κ2) is 8.01. The van der Waals surface area contributed by atoms with Crippen molar-refractivity contribution in [1.29, 1.82) is 0 Å². The van der Waals surface area contributed by atoms with Crippen molar-refractivity contribution in [3.8, 4) is 5.75 Å². The number of hydrogen-bond donors (Lipinski definition) is 1. The molecule has 3 nitrogen and oxygen atoms in total. The maximum Gasteiger partial charge on any atom is 0.119 e. The summed E-state index contributed by atoms with van der Waals surface area (Å²) in [5.74, 6) is 0.954. The number of benzene rings is 1. The highest BCUT2D eigenvalue weighted by molar-refractivity contribution is 9.10. The maximum absolute atomic E-state index is 5.91. The van der Waals surface area contributed by atoms with Crippen molar-refractivity contribution in [2.75, 3.05) is 26.7 Å². The first-order valence-corrected chi connectivity index (χ1v) is 8.31. The van der Waals surface area contributed by atoms with Gasteiger partial charge in [-0.2, -0.15) is 0 Å². The minimum absolute atomic E-state index is 0.662. The van der Waals surface area contributed by atoms with E-state index in [1.807, 2.05) is 12.1 Å². The third-order valence-corrected chi connectivity index (χ3v) is 4.85. The molecular weight excluding hydrogens is 316 g/mol. The largest absolute Gasteiger partial charge is 0.494 e. The molecule has 1 unspecified atom stereocenters. The number of nitrogens with zero attached hydrogens (tertiary/aromatic N) is 1. The zero-order chi connectivity index (χ0) is 14.4. The number of likely N-dealkylation sites (tertiary alicyclic amines) is 1. The molecule has 20 heavy (non-hydrogen) atoms. The van der Waals surface area contributed by atoms with E-state index >= 15 is 0 Å². The predicted octanol–water partition coefficient (Wildman–Crippen LogP) is 3.20. The fourth-order valence-electron chi connectivity index (χ4n) is 2.81. The van der Waals surface area contributed by atoms with Gasteiger partial charge in [-0.05, 0) is 69.6 Å². The lowest BCUT2D eigenvalue weighted by atomic mass is 10.0. The molecule has 1 aliphatic heterocycles. The van der Waals surface area contributed by atoms with E-state index in [1.165, 1.54) is 31.4 Å². The Bertz CT molecular complexity index is 425. The highest BCUT2D eigenvalue weighted by Crippen LogP contribution is 2.24. The summed E-state index contributed by atoms with van der Waals surface area (Å²) in [6.07, 6.45) is 5.98. The first-order chi connectivity index (χ1) is 9.70. The van der Waals surface area contributed by atoms with Crippen LogP contribution in [0.2, 0.25) is 0 Å². The van der Waals surface area contributed by atoms with Crippen LogP contribution in [0.1, 0.15) is 31.2 Å². The van der Waals surface area contributed by atoms with Crippen molar-refractivity contribution in [3.63, 3.8) is 0 Å². The lowest BCUT2D eigenvalue weighted by Crippen LogP contribution is -2.37. The summed E-state index contributed by atoms with van der Waals surface area (Å²) in [5.41, 5.74) is 6.85. The van der Waals surface area contributed by atoms with Crippen LogP contribution in [-0.2, 0) is 6.42 Å². The summed E-state index contributed by atoms with van der Waals surface area (Å²) in [5, 5.41) is 0. The quantitative estimate of drug-likeness (QED) is 0.864. The molecule has 1 aromatic rings. The molecule has 0 amide bonds. The Morgan fingerprint density at radius 2 is 2.25 bits per heavy atom. The molecule has 112 valence electrons. The summed E-state index contributed by atoms with van der Waals surface area (Å²) < 4.78 is 7.02. The fourth-order valence-corrected chi connectivity index (χ4v) is 3.25. The van der Waals surface area contributed by atoms with E-state index in [9.17, 15) is 0 Å². The molecule has 1 atom stereocenters. The molecule has 0 saturated carbocycles. The number of ether oxygens (including phenoxy) is 1. The van der Waals surface area contributed by atoms with E-state index in [-0.39, 0.29) is 0 Å². The highest BCUT2D eigenvalue weighted by Gasteiger charge is 2.18. The fraction of sp³-hybridized carbons (Fsp3) is 0.625. The molecule has 1 saturated heterocycles. The average molecular weight is 341 g/mol. The third-order valence-electron chi connectivity index (χ3n) is 4.07. The van der Waals surface area contributed by atoms with Gasteiger partial charge in [0.1, 0.15) is 5.75 Å². The van der Waals surface area contributed by atoms with Crippen LogP contribution < -0.4 is 10.5 Å². The maximum atomic E-state index is 5.91. The van der Waals surface area contributed by atoms with Gasteiger partial charge < -0.3 is 15.4 Å². The molecule has 0 aromatic heterocycles. The van der Waals surface area contributed by atoms with Crippen molar-refractivity contribution in [2.24, 2.45) is 5.73 Å². The van der Waals surface area contributed by atoms with Crippen molar-refractivity contribution in [3.05, 3.63) is 28.2 Å². The van der Waals surface area contributed by atoms with Crippen molar-refractivity contribution in [1.82, 2.24) is 4.90 Å². The number of halogens is 1.